The molecule has 3 aliphatic rings. The third kappa shape index (κ3) is 5.56. The fourth-order valence-electron chi connectivity index (χ4n) is 6.00. The summed E-state index contributed by atoms with van der Waals surface area (Å²) in [5.74, 6) is -0.296. The molecule has 2 aromatic carbocycles. The number of halogens is 2. The summed E-state index contributed by atoms with van der Waals surface area (Å²) in [6, 6.07) is 14.6. The van der Waals surface area contributed by atoms with Crippen LogP contribution in [0.25, 0.3) is 0 Å². The van der Waals surface area contributed by atoms with Crippen molar-refractivity contribution < 1.29 is 14.3 Å². The number of methoxy groups -OCH3 is 1. The molecule has 1 saturated heterocycles. The summed E-state index contributed by atoms with van der Waals surface area (Å²) in [6.45, 7) is 10.2. The number of hydrogen-bond donors (Lipinski definition) is 2. The highest BCUT2D eigenvalue weighted by molar-refractivity contribution is 9.10. The van der Waals surface area contributed by atoms with Crippen molar-refractivity contribution in [3.05, 3.63) is 63.1 Å². The van der Waals surface area contributed by atoms with Crippen LogP contribution in [0.5, 0.6) is 0 Å². The van der Waals surface area contributed by atoms with Gasteiger partial charge in [0, 0.05) is 49.3 Å². The number of carbonyl (C=O) groups excluding carboxylic acids is 2. The Labute approximate surface area is 235 Å². The summed E-state index contributed by atoms with van der Waals surface area (Å²) >= 11 is 9.83. The Morgan fingerprint density at radius 1 is 1.14 bits per heavy atom. The van der Waals surface area contributed by atoms with Crippen molar-refractivity contribution in [1.82, 2.24) is 5.32 Å². The number of nitrogens with one attached hydrogen (secondary N) is 2. The monoisotopic (exact) mass is 604 g/mol. The van der Waals surface area contributed by atoms with Crippen molar-refractivity contribution in [3.8, 4) is 0 Å². The van der Waals surface area contributed by atoms with Crippen LogP contribution in [0.1, 0.15) is 49.7 Å². The summed E-state index contributed by atoms with van der Waals surface area (Å²) in [5.41, 5.74) is 1.85. The molecule has 2 heterocycles. The van der Waals surface area contributed by atoms with Gasteiger partial charge >= 0.3 is 0 Å². The van der Waals surface area contributed by atoms with E-state index in [-0.39, 0.29) is 35.6 Å². The van der Waals surface area contributed by atoms with Crippen LogP contribution in [0.4, 0.5) is 5.69 Å². The standard InChI is InChI=1S/C23H22BrClN2O2.C6H16OSi/c1-2-22(8-9-22)20-23(16-7-6-14(24)11-18(16)26-21(23)29)17(12-19(28)27-20)13-4-3-5-15(25)10-13;1-7-5-6-8(2,3)4/h3-7,10-11,17,20H,2,8-9,12H2,1H3,(H,26,29)(H,27,28);5-6H2,1-4H3/t17-,20+,23-;/m0./s1. The molecule has 200 valence electrons. The van der Waals surface area contributed by atoms with Crippen LogP contribution in [-0.4, -0.2) is 39.6 Å². The molecule has 2 aliphatic heterocycles. The number of rotatable bonds is 6. The van der Waals surface area contributed by atoms with Gasteiger partial charge < -0.3 is 15.4 Å². The normalized spacial score (nSPS) is 25.6. The molecular weight excluding hydrogens is 568 g/mol. The first kappa shape index (κ1) is 28.3. The lowest BCUT2D eigenvalue weighted by Crippen LogP contribution is -2.65. The average Bonchev–Trinajstić information content (AvgIpc) is 3.58. The molecule has 2 fully saturated rings. The summed E-state index contributed by atoms with van der Waals surface area (Å²) in [6.07, 6.45) is 3.25. The Bertz CT molecular complexity index is 1180. The quantitative estimate of drug-likeness (QED) is 0.344. The van der Waals surface area contributed by atoms with Crippen molar-refractivity contribution in [2.45, 2.75) is 75.7 Å². The number of fused-ring (bicyclic) bond motifs is 2. The molecule has 5 rings (SSSR count). The van der Waals surface area contributed by atoms with Crippen LogP contribution in [0.15, 0.2) is 46.9 Å². The number of benzene rings is 2. The minimum atomic E-state index is -0.846. The van der Waals surface area contributed by atoms with E-state index in [0.29, 0.717) is 5.02 Å². The van der Waals surface area contributed by atoms with Crippen LogP contribution in [0.2, 0.25) is 30.7 Å². The maximum Gasteiger partial charge on any atom is 0.237 e. The van der Waals surface area contributed by atoms with Crippen LogP contribution in [-0.2, 0) is 19.7 Å². The first-order valence-electron chi connectivity index (χ1n) is 13.1. The largest absolute Gasteiger partial charge is 0.385 e. The summed E-state index contributed by atoms with van der Waals surface area (Å²) in [4.78, 5) is 26.6. The molecule has 8 heteroatoms. The Morgan fingerprint density at radius 3 is 2.43 bits per heavy atom. The molecule has 0 aromatic heterocycles. The molecule has 0 radical (unpaired) electrons. The molecule has 1 saturated carbocycles. The minimum absolute atomic E-state index is 0.00341. The van der Waals surface area contributed by atoms with Gasteiger partial charge in [0.05, 0.1) is 6.04 Å². The highest BCUT2D eigenvalue weighted by Gasteiger charge is 2.67. The average molecular weight is 606 g/mol. The van der Waals surface area contributed by atoms with Gasteiger partial charge in [0.1, 0.15) is 5.41 Å². The van der Waals surface area contributed by atoms with Crippen molar-refractivity contribution in [1.29, 1.82) is 0 Å². The Hall–Kier alpha value is -1.67. The van der Waals surface area contributed by atoms with Gasteiger partial charge in [0.15, 0.2) is 0 Å². The van der Waals surface area contributed by atoms with Gasteiger partial charge in [0.2, 0.25) is 11.8 Å². The zero-order valence-corrected chi connectivity index (χ0v) is 25.8. The van der Waals surface area contributed by atoms with Crippen LogP contribution in [0, 0.1) is 5.41 Å². The van der Waals surface area contributed by atoms with E-state index in [2.05, 4.69) is 53.1 Å². The number of carbonyl (C=O) groups is 2. The minimum Gasteiger partial charge on any atom is -0.385 e. The van der Waals surface area contributed by atoms with E-state index in [4.69, 9.17) is 16.3 Å². The smallest absolute Gasteiger partial charge is 0.237 e. The van der Waals surface area contributed by atoms with E-state index in [0.717, 1.165) is 47.2 Å². The van der Waals surface area contributed by atoms with Gasteiger partial charge in [0.25, 0.3) is 0 Å². The molecule has 0 bridgehead atoms. The predicted octanol–water partition coefficient (Wildman–Crippen LogP) is 7.13. The second kappa shape index (κ2) is 10.8. The van der Waals surface area contributed by atoms with E-state index >= 15 is 0 Å². The number of amides is 2. The van der Waals surface area contributed by atoms with Gasteiger partial charge in [-0.1, -0.05) is 72.3 Å². The molecule has 1 spiro atoms. The molecule has 0 unspecified atom stereocenters. The number of piperidine rings is 1. The molecule has 37 heavy (non-hydrogen) atoms. The third-order valence-electron chi connectivity index (χ3n) is 8.27. The fraction of sp³-hybridized carbons (Fsp3) is 0.517. The van der Waals surface area contributed by atoms with Crippen LogP contribution in [0.3, 0.4) is 0 Å². The van der Waals surface area contributed by atoms with Gasteiger partial charge in [-0.05, 0) is 66.1 Å². The van der Waals surface area contributed by atoms with Gasteiger partial charge in [-0.3, -0.25) is 9.59 Å². The van der Waals surface area contributed by atoms with Crippen molar-refractivity contribution in [3.63, 3.8) is 0 Å². The van der Waals surface area contributed by atoms with Crippen LogP contribution < -0.4 is 10.6 Å². The van der Waals surface area contributed by atoms with Gasteiger partial charge in [-0.15, -0.1) is 0 Å². The van der Waals surface area contributed by atoms with Crippen molar-refractivity contribution in [2.24, 2.45) is 5.41 Å². The van der Waals surface area contributed by atoms with Gasteiger partial charge in [-0.2, -0.15) is 0 Å². The number of ether oxygens (including phenoxy) is 1. The first-order valence-corrected chi connectivity index (χ1v) is 18.0. The second-order valence-corrected chi connectivity index (χ2v) is 18.8. The van der Waals surface area contributed by atoms with E-state index in [1.807, 2.05) is 42.5 Å². The lowest BCUT2D eigenvalue weighted by molar-refractivity contribution is -0.133. The summed E-state index contributed by atoms with van der Waals surface area (Å²) in [5, 5.41) is 7.00. The lowest BCUT2D eigenvalue weighted by atomic mass is 9.57. The summed E-state index contributed by atoms with van der Waals surface area (Å²) < 4.78 is 5.87. The first-order chi connectivity index (χ1) is 17.5. The maximum absolute atomic E-state index is 13.8. The topological polar surface area (TPSA) is 67.4 Å². The molecule has 2 amide bonds. The van der Waals surface area contributed by atoms with Crippen LogP contribution >= 0.6 is 27.5 Å². The Morgan fingerprint density at radius 2 is 1.86 bits per heavy atom. The molecule has 5 nitrogen and oxygen atoms in total. The molecule has 3 atom stereocenters. The molecule has 2 aromatic rings. The Balaban J connectivity index is 0.000000349. The molecule has 2 N–H and O–H groups in total. The number of hydrogen-bond acceptors (Lipinski definition) is 3. The van der Waals surface area contributed by atoms with Gasteiger partial charge in [-0.25, -0.2) is 0 Å². The zero-order chi connectivity index (χ0) is 27.0. The van der Waals surface area contributed by atoms with E-state index in [1.165, 1.54) is 6.04 Å². The number of anilines is 1. The maximum atomic E-state index is 13.8. The molecular formula is C29H38BrClN2O3Si. The highest BCUT2D eigenvalue weighted by Crippen LogP contribution is 2.63. The van der Waals surface area contributed by atoms with Crippen molar-refractivity contribution in [2.75, 3.05) is 19.0 Å². The Kier molecular flexibility index (Phi) is 8.30. The second-order valence-electron chi connectivity index (χ2n) is 11.8. The third-order valence-corrected chi connectivity index (χ3v) is 10.7. The van der Waals surface area contributed by atoms with Crippen molar-refractivity contribution >= 4 is 53.1 Å². The summed E-state index contributed by atoms with van der Waals surface area (Å²) in [7, 11) is 0.961. The highest BCUT2D eigenvalue weighted by atomic mass is 79.9. The lowest BCUT2D eigenvalue weighted by Gasteiger charge is -2.49. The fourth-order valence-corrected chi connectivity index (χ4v) is 7.37. The predicted molar refractivity (Wildman–Crippen MR) is 157 cm³/mol. The SMILES string of the molecule is CCC1([C@H]2NC(=O)C[C@@H](c3cccc(Cl)c3)[C@]23C(=O)Nc2cc(Br)ccc23)CC1.COCC[Si](C)(C)C. The molecule has 1 aliphatic carbocycles. The van der Waals surface area contributed by atoms with E-state index in [1.54, 1.807) is 7.11 Å². The zero-order valence-electron chi connectivity index (χ0n) is 22.4. The van der Waals surface area contributed by atoms with E-state index in [9.17, 15) is 9.59 Å². The van der Waals surface area contributed by atoms with E-state index < -0.39 is 13.5 Å².